The molecule has 5 nitrogen and oxygen atoms in total. The molecule has 2 heterocycles. The number of H-pyrrole nitrogens is 1. The van der Waals surface area contributed by atoms with Crippen molar-refractivity contribution >= 4 is 28.2 Å². The fourth-order valence-corrected chi connectivity index (χ4v) is 4.28. The van der Waals surface area contributed by atoms with E-state index in [4.69, 9.17) is 0 Å². The van der Waals surface area contributed by atoms with Gasteiger partial charge in [-0.05, 0) is 61.6 Å². The first kappa shape index (κ1) is 19.1. The zero-order valence-electron chi connectivity index (χ0n) is 17.2. The Morgan fingerprint density at radius 1 is 1.13 bits per heavy atom. The molecular formula is C24H27FN4O. The average Bonchev–Trinajstić information content (AvgIpc) is 3.44. The minimum atomic E-state index is -0.325. The van der Waals surface area contributed by atoms with Gasteiger partial charge in [0, 0.05) is 49.5 Å². The Morgan fingerprint density at radius 3 is 2.67 bits per heavy atom. The number of nitrogens with one attached hydrogen (secondary N) is 2. The molecule has 1 aliphatic carbocycles. The van der Waals surface area contributed by atoms with Crippen molar-refractivity contribution in [1.82, 2.24) is 9.88 Å². The van der Waals surface area contributed by atoms with Crippen molar-refractivity contribution < 1.29 is 9.18 Å². The van der Waals surface area contributed by atoms with Crippen LogP contribution < -0.4 is 10.2 Å². The van der Waals surface area contributed by atoms with Gasteiger partial charge in [-0.25, -0.2) is 4.39 Å². The number of piperazine rings is 1. The van der Waals surface area contributed by atoms with Gasteiger partial charge in [-0.15, -0.1) is 0 Å². The first-order valence-corrected chi connectivity index (χ1v) is 10.7. The molecule has 2 aliphatic rings. The standard InChI is InChI=1S/C24H27FN4O/c1-16-5-8-21(25)20-14-22(27-23(16)20)24(30)26-18-3-2-4-19(13-18)29-11-9-28(10-12-29)15-17-6-7-17/h2-5,8,13-14,17,27H,6-7,9-12,15H2,1H3,(H,26,30). The number of carbonyl (C=O) groups is 1. The number of aromatic amines is 1. The van der Waals surface area contributed by atoms with Crippen LogP contribution in [0, 0.1) is 18.7 Å². The molecule has 2 N–H and O–H groups in total. The molecule has 0 radical (unpaired) electrons. The Kier molecular flexibility index (Phi) is 4.95. The van der Waals surface area contributed by atoms with Gasteiger partial charge < -0.3 is 15.2 Å². The molecular weight excluding hydrogens is 379 g/mol. The maximum Gasteiger partial charge on any atom is 0.272 e. The molecule has 0 atom stereocenters. The molecule has 0 spiro atoms. The molecule has 1 aliphatic heterocycles. The zero-order chi connectivity index (χ0) is 20.7. The van der Waals surface area contributed by atoms with Gasteiger partial charge in [0.1, 0.15) is 11.5 Å². The number of carbonyl (C=O) groups excluding carboxylic acids is 1. The number of amides is 1. The summed E-state index contributed by atoms with van der Waals surface area (Å²) in [6.45, 7) is 7.33. The van der Waals surface area contributed by atoms with Gasteiger partial charge >= 0.3 is 0 Å². The highest BCUT2D eigenvalue weighted by molar-refractivity contribution is 6.06. The smallest absolute Gasteiger partial charge is 0.272 e. The quantitative estimate of drug-likeness (QED) is 0.660. The molecule has 30 heavy (non-hydrogen) atoms. The molecule has 2 aromatic carbocycles. The van der Waals surface area contributed by atoms with Gasteiger partial charge in [0.05, 0.1) is 5.52 Å². The number of fused-ring (bicyclic) bond motifs is 1. The first-order chi connectivity index (χ1) is 14.6. The molecule has 156 valence electrons. The maximum absolute atomic E-state index is 14.1. The third-order valence-corrected chi connectivity index (χ3v) is 6.25. The summed E-state index contributed by atoms with van der Waals surface area (Å²) in [5, 5.41) is 3.39. The molecule has 1 amide bonds. The van der Waals surface area contributed by atoms with Gasteiger partial charge in [-0.3, -0.25) is 9.69 Å². The second-order valence-electron chi connectivity index (χ2n) is 8.57. The largest absolute Gasteiger partial charge is 0.369 e. The highest BCUT2D eigenvalue weighted by Gasteiger charge is 2.26. The van der Waals surface area contributed by atoms with Crippen LogP contribution in [0.2, 0.25) is 0 Å². The van der Waals surface area contributed by atoms with Crippen LogP contribution in [0.3, 0.4) is 0 Å². The van der Waals surface area contributed by atoms with Crippen LogP contribution in [0.5, 0.6) is 0 Å². The number of anilines is 2. The highest BCUT2D eigenvalue weighted by atomic mass is 19.1. The Balaban J connectivity index is 1.27. The number of nitrogens with zero attached hydrogens (tertiary/aromatic N) is 2. The Labute approximate surface area is 175 Å². The average molecular weight is 407 g/mol. The Morgan fingerprint density at radius 2 is 1.93 bits per heavy atom. The SMILES string of the molecule is Cc1ccc(F)c2cc(C(=O)Nc3cccc(N4CCN(CC5CC5)CC4)c3)[nH]c12. The Hall–Kier alpha value is -2.86. The van der Waals surface area contributed by atoms with Crippen LogP contribution in [-0.4, -0.2) is 48.5 Å². The minimum absolute atomic E-state index is 0.267. The predicted octanol–water partition coefficient (Wildman–Crippen LogP) is 4.40. The van der Waals surface area contributed by atoms with Crippen molar-refractivity contribution in [3.05, 3.63) is 59.5 Å². The molecule has 3 aromatic rings. The van der Waals surface area contributed by atoms with E-state index in [9.17, 15) is 9.18 Å². The molecule has 1 saturated heterocycles. The van der Waals surface area contributed by atoms with Gasteiger partial charge in [-0.1, -0.05) is 12.1 Å². The van der Waals surface area contributed by atoms with E-state index in [-0.39, 0.29) is 11.7 Å². The minimum Gasteiger partial charge on any atom is -0.369 e. The summed E-state index contributed by atoms with van der Waals surface area (Å²) in [7, 11) is 0. The monoisotopic (exact) mass is 406 g/mol. The van der Waals surface area contributed by atoms with Crippen molar-refractivity contribution in [3.63, 3.8) is 0 Å². The van der Waals surface area contributed by atoms with Gasteiger partial charge in [0.15, 0.2) is 0 Å². The van der Waals surface area contributed by atoms with Crippen LogP contribution in [0.15, 0.2) is 42.5 Å². The fourth-order valence-electron chi connectivity index (χ4n) is 4.28. The fraction of sp³-hybridized carbons (Fsp3) is 0.375. The molecule has 0 unspecified atom stereocenters. The van der Waals surface area contributed by atoms with Crippen molar-refractivity contribution in [2.24, 2.45) is 5.92 Å². The van der Waals surface area contributed by atoms with E-state index in [1.54, 1.807) is 12.1 Å². The molecule has 6 heteroatoms. The summed E-state index contributed by atoms with van der Waals surface area (Å²) in [6, 6.07) is 12.7. The summed E-state index contributed by atoms with van der Waals surface area (Å²) in [4.78, 5) is 20.8. The lowest BCUT2D eigenvalue weighted by Gasteiger charge is -2.36. The predicted molar refractivity (Wildman–Crippen MR) is 119 cm³/mol. The molecule has 1 saturated carbocycles. The Bertz CT molecular complexity index is 1040. The van der Waals surface area contributed by atoms with E-state index in [0.717, 1.165) is 49.0 Å². The highest BCUT2D eigenvalue weighted by Crippen LogP contribution is 2.30. The number of hydrogen-bond donors (Lipinski definition) is 2. The van der Waals surface area contributed by atoms with Gasteiger partial charge in [-0.2, -0.15) is 0 Å². The third kappa shape index (κ3) is 3.92. The molecule has 2 fully saturated rings. The van der Waals surface area contributed by atoms with Gasteiger partial charge in [0.2, 0.25) is 0 Å². The van der Waals surface area contributed by atoms with Gasteiger partial charge in [0.25, 0.3) is 5.91 Å². The summed E-state index contributed by atoms with van der Waals surface area (Å²) in [6.07, 6.45) is 2.79. The van der Waals surface area contributed by atoms with E-state index in [1.165, 1.54) is 25.5 Å². The van der Waals surface area contributed by atoms with Crippen LogP contribution in [0.25, 0.3) is 10.9 Å². The summed E-state index contributed by atoms with van der Waals surface area (Å²) in [5.41, 5.74) is 3.80. The lowest BCUT2D eigenvalue weighted by atomic mass is 10.1. The lowest BCUT2D eigenvalue weighted by Crippen LogP contribution is -2.47. The number of aromatic nitrogens is 1. The van der Waals surface area contributed by atoms with Crippen LogP contribution >= 0.6 is 0 Å². The topological polar surface area (TPSA) is 51.4 Å². The molecule has 5 rings (SSSR count). The molecule has 0 bridgehead atoms. The van der Waals surface area contributed by atoms with E-state index >= 15 is 0 Å². The second kappa shape index (κ2) is 7.76. The number of benzene rings is 2. The van der Waals surface area contributed by atoms with Crippen molar-refractivity contribution in [3.8, 4) is 0 Å². The summed E-state index contributed by atoms with van der Waals surface area (Å²) >= 11 is 0. The maximum atomic E-state index is 14.1. The summed E-state index contributed by atoms with van der Waals surface area (Å²) < 4.78 is 14.1. The van der Waals surface area contributed by atoms with Crippen molar-refractivity contribution in [2.45, 2.75) is 19.8 Å². The third-order valence-electron chi connectivity index (χ3n) is 6.25. The van der Waals surface area contributed by atoms with E-state index < -0.39 is 0 Å². The normalized spacial score (nSPS) is 17.5. The lowest BCUT2D eigenvalue weighted by molar-refractivity contribution is 0.102. The van der Waals surface area contributed by atoms with Crippen LogP contribution in [0.1, 0.15) is 28.9 Å². The van der Waals surface area contributed by atoms with Crippen molar-refractivity contribution in [1.29, 1.82) is 0 Å². The molecule has 1 aromatic heterocycles. The number of hydrogen-bond acceptors (Lipinski definition) is 3. The summed E-state index contributed by atoms with van der Waals surface area (Å²) in [5.74, 6) is 0.335. The number of rotatable bonds is 5. The van der Waals surface area contributed by atoms with Crippen molar-refractivity contribution in [2.75, 3.05) is 42.9 Å². The van der Waals surface area contributed by atoms with E-state index in [0.29, 0.717) is 16.6 Å². The second-order valence-corrected chi connectivity index (χ2v) is 8.57. The first-order valence-electron chi connectivity index (χ1n) is 10.7. The van der Waals surface area contributed by atoms with Crippen LogP contribution in [0.4, 0.5) is 15.8 Å². The zero-order valence-corrected chi connectivity index (χ0v) is 17.2. The number of aryl methyl sites for hydroxylation is 1. The number of halogens is 1. The van der Waals surface area contributed by atoms with E-state index in [2.05, 4.69) is 26.2 Å². The van der Waals surface area contributed by atoms with Crippen LogP contribution in [-0.2, 0) is 0 Å². The van der Waals surface area contributed by atoms with E-state index in [1.807, 2.05) is 25.1 Å².